The van der Waals surface area contributed by atoms with Crippen molar-refractivity contribution in [2.24, 2.45) is 22.7 Å². The molecule has 0 bridgehead atoms. The van der Waals surface area contributed by atoms with Gasteiger partial charge in [0, 0.05) is 29.1 Å². The van der Waals surface area contributed by atoms with Gasteiger partial charge >= 0.3 is 11.9 Å². The van der Waals surface area contributed by atoms with Crippen LogP contribution in [0.15, 0.2) is 23.3 Å². The maximum Gasteiger partial charge on any atom is 0.334 e. The molecular formula is C20H24O5. The van der Waals surface area contributed by atoms with Gasteiger partial charge in [-0.1, -0.05) is 19.9 Å². The molecule has 0 radical (unpaired) electrons. The number of esters is 2. The molecule has 0 N–H and O–H groups in total. The van der Waals surface area contributed by atoms with Gasteiger partial charge in [0.05, 0.1) is 0 Å². The molecule has 2 aliphatic carbocycles. The van der Waals surface area contributed by atoms with Gasteiger partial charge in [-0.3, -0.25) is 4.79 Å². The topological polar surface area (TPSA) is 69.7 Å². The van der Waals surface area contributed by atoms with E-state index in [0.717, 1.165) is 31.3 Å². The average molecular weight is 344 g/mol. The highest BCUT2D eigenvalue weighted by Crippen LogP contribution is 2.63. The zero-order valence-electron chi connectivity index (χ0n) is 14.8. The van der Waals surface area contributed by atoms with Crippen molar-refractivity contribution in [1.29, 1.82) is 0 Å². The largest absolute Gasteiger partial charge is 0.461 e. The van der Waals surface area contributed by atoms with Crippen molar-refractivity contribution >= 4 is 17.7 Å². The minimum absolute atomic E-state index is 0.00130. The molecule has 0 aromatic rings. The third kappa shape index (κ3) is 2.31. The lowest BCUT2D eigenvalue weighted by Gasteiger charge is -2.56. The Hall–Kier alpha value is -1.91. The van der Waals surface area contributed by atoms with Gasteiger partial charge in [-0.15, -0.1) is 0 Å². The number of ketones is 1. The van der Waals surface area contributed by atoms with E-state index in [4.69, 9.17) is 9.47 Å². The molecule has 4 rings (SSSR count). The van der Waals surface area contributed by atoms with E-state index in [0.29, 0.717) is 24.5 Å². The highest BCUT2D eigenvalue weighted by Gasteiger charge is 2.61. The van der Waals surface area contributed by atoms with Gasteiger partial charge in [0.25, 0.3) is 0 Å². The van der Waals surface area contributed by atoms with Crippen molar-refractivity contribution in [3.05, 3.63) is 23.3 Å². The molecule has 1 saturated carbocycles. The molecule has 0 aromatic carbocycles. The molecule has 25 heavy (non-hydrogen) atoms. The zero-order valence-corrected chi connectivity index (χ0v) is 14.8. The molecule has 2 aliphatic heterocycles. The Bertz CT molecular complexity index is 718. The summed E-state index contributed by atoms with van der Waals surface area (Å²) in [5.74, 6) is 0.0156. The van der Waals surface area contributed by atoms with Crippen LogP contribution in [-0.2, 0) is 23.9 Å². The summed E-state index contributed by atoms with van der Waals surface area (Å²) in [5, 5.41) is 0. The second-order valence-corrected chi connectivity index (χ2v) is 8.30. The third-order valence-electron chi connectivity index (χ3n) is 7.19. The monoisotopic (exact) mass is 344 g/mol. The normalized spacial score (nSPS) is 39.8. The lowest BCUT2D eigenvalue weighted by atomic mass is 9.46. The van der Waals surface area contributed by atoms with Crippen LogP contribution in [0.2, 0.25) is 0 Å². The zero-order chi connectivity index (χ0) is 17.8. The molecule has 0 aromatic heterocycles. The summed E-state index contributed by atoms with van der Waals surface area (Å²) in [6, 6.07) is 0. The van der Waals surface area contributed by atoms with Crippen molar-refractivity contribution in [3.63, 3.8) is 0 Å². The number of allylic oxidation sites excluding steroid dienone is 1. The Morgan fingerprint density at radius 3 is 2.80 bits per heavy atom. The Balaban J connectivity index is 1.67. The average Bonchev–Trinajstić information content (AvgIpc) is 3.16. The molecule has 5 heteroatoms. The smallest absolute Gasteiger partial charge is 0.334 e. The van der Waals surface area contributed by atoms with Crippen molar-refractivity contribution < 1.29 is 23.9 Å². The first-order valence-electron chi connectivity index (χ1n) is 9.15. The van der Waals surface area contributed by atoms with Gasteiger partial charge in [-0.05, 0) is 42.9 Å². The minimum Gasteiger partial charge on any atom is -0.461 e. The number of rotatable bonds is 3. The molecular weight excluding hydrogens is 320 g/mol. The number of ether oxygens (including phenoxy) is 2. The van der Waals surface area contributed by atoms with Crippen LogP contribution < -0.4 is 0 Å². The Morgan fingerprint density at radius 2 is 2.08 bits per heavy atom. The van der Waals surface area contributed by atoms with Crippen molar-refractivity contribution in [3.8, 4) is 0 Å². The molecule has 4 atom stereocenters. The molecule has 5 nitrogen and oxygen atoms in total. The Labute approximate surface area is 147 Å². The molecule has 0 unspecified atom stereocenters. The molecule has 1 saturated heterocycles. The number of hydrogen-bond donors (Lipinski definition) is 0. The van der Waals surface area contributed by atoms with Crippen LogP contribution in [0.1, 0.15) is 46.0 Å². The van der Waals surface area contributed by atoms with E-state index >= 15 is 0 Å². The molecule has 0 amide bonds. The van der Waals surface area contributed by atoms with E-state index in [-0.39, 0.29) is 35.1 Å². The summed E-state index contributed by atoms with van der Waals surface area (Å²) in [4.78, 5) is 36.3. The van der Waals surface area contributed by atoms with Gasteiger partial charge in [0.2, 0.25) is 0 Å². The Morgan fingerprint density at radius 1 is 1.28 bits per heavy atom. The van der Waals surface area contributed by atoms with E-state index in [1.165, 1.54) is 6.08 Å². The standard InChI is InChI=1S/C20H24O5/c1-12-6-7-20-11-25-18(23)14(20)4-3-5-16(20)19(12,2)9-15(21)13-8-17(22)24-10-13/h4,8,12,16H,3,5-7,9-11H2,1-2H3/t12-,16-,19+,20+/m1/s1. The van der Waals surface area contributed by atoms with E-state index in [9.17, 15) is 14.4 Å². The van der Waals surface area contributed by atoms with Crippen LogP contribution in [0, 0.1) is 22.7 Å². The quantitative estimate of drug-likeness (QED) is 0.736. The second kappa shape index (κ2) is 5.55. The minimum atomic E-state index is -0.431. The number of hydrogen-bond acceptors (Lipinski definition) is 5. The first-order valence-corrected chi connectivity index (χ1v) is 9.15. The highest BCUT2D eigenvalue weighted by molar-refractivity contribution is 6.03. The van der Waals surface area contributed by atoms with Crippen molar-refractivity contribution in [2.45, 2.75) is 46.0 Å². The van der Waals surface area contributed by atoms with Crippen LogP contribution in [-0.4, -0.2) is 30.9 Å². The van der Waals surface area contributed by atoms with Gasteiger partial charge in [0.1, 0.15) is 13.2 Å². The van der Waals surface area contributed by atoms with Crippen LogP contribution in [0.25, 0.3) is 0 Å². The maximum absolute atomic E-state index is 12.8. The maximum atomic E-state index is 12.8. The van der Waals surface area contributed by atoms with Gasteiger partial charge < -0.3 is 9.47 Å². The first-order chi connectivity index (χ1) is 11.9. The van der Waals surface area contributed by atoms with Crippen LogP contribution in [0.5, 0.6) is 0 Å². The summed E-state index contributed by atoms with van der Waals surface area (Å²) in [5.41, 5.74) is 0.874. The predicted octanol–water partition coefficient (Wildman–Crippen LogP) is 2.74. The summed E-state index contributed by atoms with van der Waals surface area (Å²) in [6.07, 6.45) is 7.53. The van der Waals surface area contributed by atoms with Gasteiger partial charge in [-0.25, -0.2) is 9.59 Å². The first kappa shape index (κ1) is 16.6. The van der Waals surface area contributed by atoms with Crippen molar-refractivity contribution in [2.75, 3.05) is 13.2 Å². The van der Waals surface area contributed by atoms with Gasteiger partial charge in [0.15, 0.2) is 5.78 Å². The number of carbonyl (C=O) groups excluding carboxylic acids is 3. The third-order valence-corrected chi connectivity index (χ3v) is 7.19. The summed E-state index contributed by atoms with van der Waals surface area (Å²) >= 11 is 0. The fourth-order valence-electron chi connectivity index (χ4n) is 5.58. The van der Waals surface area contributed by atoms with E-state index in [1.54, 1.807) is 0 Å². The summed E-state index contributed by atoms with van der Waals surface area (Å²) in [6.45, 7) is 4.93. The predicted molar refractivity (Wildman–Crippen MR) is 89.4 cm³/mol. The number of cyclic esters (lactones) is 2. The van der Waals surface area contributed by atoms with E-state index in [2.05, 4.69) is 19.9 Å². The fourth-order valence-corrected chi connectivity index (χ4v) is 5.58. The molecule has 2 fully saturated rings. The van der Waals surface area contributed by atoms with Crippen LogP contribution in [0.4, 0.5) is 0 Å². The molecule has 2 heterocycles. The SMILES string of the molecule is C[C@@H]1CC[C@]23COC(=O)C2=CCC[C@@H]3[C@@]1(C)CC(=O)C1=CC(=O)OC1. The van der Waals surface area contributed by atoms with E-state index < -0.39 is 5.97 Å². The number of Topliss-reactive ketones (excluding diaryl/α,β-unsaturated/α-hetero) is 1. The molecule has 1 spiro atoms. The van der Waals surface area contributed by atoms with Crippen LogP contribution in [0.3, 0.4) is 0 Å². The second-order valence-electron chi connectivity index (χ2n) is 8.30. The van der Waals surface area contributed by atoms with E-state index in [1.807, 2.05) is 0 Å². The fraction of sp³-hybridized carbons (Fsp3) is 0.650. The number of carbonyl (C=O) groups is 3. The summed E-state index contributed by atoms with van der Waals surface area (Å²) < 4.78 is 10.3. The lowest BCUT2D eigenvalue weighted by Crippen LogP contribution is -2.52. The van der Waals surface area contributed by atoms with Gasteiger partial charge in [-0.2, -0.15) is 0 Å². The lowest BCUT2D eigenvalue weighted by molar-refractivity contribution is -0.136. The highest BCUT2D eigenvalue weighted by atomic mass is 16.5. The molecule has 4 aliphatic rings. The summed E-state index contributed by atoms with van der Waals surface area (Å²) in [7, 11) is 0. The van der Waals surface area contributed by atoms with Crippen molar-refractivity contribution in [1.82, 2.24) is 0 Å². The molecule has 134 valence electrons. The van der Waals surface area contributed by atoms with Crippen LogP contribution >= 0.6 is 0 Å². The Kier molecular flexibility index (Phi) is 3.67.